The highest BCUT2D eigenvalue weighted by atomic mass is 19.1. The van der Waals surface area contributed by atoms with Gasteiger partial charge in [0.1, 0.15) is 18.4 Å². The Bertz CT molecular complexity index is 1220. The molecule has 0 saturated carbocycles. The molecular weight excluding hydrogens is 441 g/mol. The SMILES string of the molecule is O=C(CO)N1CC=C(c2ccc(-c3nc4cc(O[C@@H]5CO[C@H](CO)C5)[nH]c4cc3F)cc2)CC1. The molecule has 2 aliphatic heterocycles. The van der Waals surface area contributed by atoms with Crippen molar-refractivity contribution in [3.8, 4) is 17.1 Å². The van der Waals surface area contributed by atoms with Crippen LogP contribution in [0.3, 0.4) is 0 Å². The summed E-state index contributed by atoms with van der Waals surface area (Å²) < 4.78 is 26.2. The first kappa shape index (κ1) is 22.5. The van der Waals surface area contributed by atoms with Gasteiger partial charge in [0.2, 0.25) is 5.91 Å². The van der Waals surface area contributed by atoms with Crippen LogP contribution in [0.2, 0.25) is 0 Å². The molecule has 0 radical (unpaired) electrons. The molecule has 0 bridgehead atoms. The minimum atomic E-state index is -0.477. The Morgan fingerprint density at radius 3 is 2.71 bits per heavy atom. The smallest absolute Gasteiger partial charge is 0.248 e. The first-order chi connectivity index (χ1) is 16.5. The molecular formula is C25H26FN3O5. The van der Waals surface area contributed by atoms with Gasteiger partial charge in [0.15, 0.2) is 11.7 Å². The summed E-state index contributed by atoms with van der Waals surface area (Å²) in [5, 5.41) is 18.2. The van der Waals surface area contributed by atoms with Gasteiger partial charge in [-0.05, 0) is 17.6 Å². The van der Waals surface area contributed by atoms with E-state index in [4.69, 9.17) is 14.6 Å². The number of aliphatic hydroxyl groups excluding tert-OH is 2. The van der Waals surface area contributed by atoms with E-state index in [2.05, 4.69) is 9.97 Å². The molecule has 1 fully saturated rings. The molecule has 3 aromatic rings. The molecule has 4 heterocycles. The van der Waals surface area contributed by atoms with Crippen LogP contribution in [0, 0.1) is 5.82 Å². The minimum absolute atomic E-state index is 0.0411. The van der Waals surface area contributed by atoms with Gasteiger partial charge in [0.25, 0.3) is 0 Å². The molecule has 3 N–H and O–H groups in total. The highest BCUT2D eigenvalue weighted by Gasteiger charge is 2.27. The van der Waals surface area contributed by atoms with Crippen molar-refractivity contribution in [1.82, 2.24) is 14.9 Å². The van der Waals surface area contributed by atoms with E-state index in [0.717, 1.165) is 11.1 Å². The predicted octanol–water partition coefficient (Wildman–Crippen LogP) is 2.51. The molecule has 2 aliphatic rings. The highest BCUT2D eigenvalue weighted by Crippen LogP contribution is 2.30. The third kappa shape index (κ3) is 4.54. The van der Waals surface area contributed by atoms with Gasteiger partial charge in [0, 0.05) is 37.2 Å². The van der Waals surface area contributed by atoms with Gasteiger partial charge in [-0.2, -0.15) is 0 Å². The molecule has 9 heteroatoms. The van der Waals surface area contributed by atoms with Crippen molar-refractivity contribution in [2.24, 2.45) is 0 Å². The number of benzene rings is 1. The van der Waals surface area contributed by atoms with E-state index in [1.807, 2.05) is 30.3 Å². The van der Waals surface area contributed by atoms with E-state index in [1.54, 1.807) is 11.0 Å². The van der Waals surface area contributed by atoms with Crippen molar-refractivity contribution in [2.75, 3.05) is 32.9 Å². The summed E-state index contributed by atoms with van der Waals surface area (Å²) in [4.78, 5) is 20.8. The molecule has 0 spiro atoms. The van der Waals surface area contributed by atoms with Gasteiger partial charge < -0.3 is 29.6 Å². The highest BCUT2D eigenvalue weighted by molar-refractivity contribution is 5.82. The molecule has 0 unspecified atom stereocenters. The Morgan fingerprint density at radius 2 is 2.03 bits per heavy atom. The number of rotatable bonds is 6. The Morgan fingerprint density at radius 1 is 1.24 bits per heavy atom. The van der Waals surface area contributed by atoms with Crippen molar-refractivity contribution >= 4 is 22.5 Å². The molecule has 1 aromatic carbocycles. The summed E-state index contributed by atoms with van der Waals surface area (Å²) >= 11 is 0. The Hall–Kier alpha value is -3.27. The Kier molecular flexibility index (Phi) is 6.32. The zero-order valence-corrected chi connectivity index (χ0v) is 18.5. The quantitative estimate of drug-likeness (QED) is 0.514. The number of carbonyl (C=O) groups is 1. The topological polar surface area (TPSA) is 108 Å². The van der Waals surface area contributed by atoms with Crippen molar-refractivity contribution in [3.63, 3.8) is 0 Å². The van der Waals surface area contributed by atoms with Crippen molar-refractivity contribution in [2.45, 2.75) is 25.0 Å². The average molecular weight is 467 g/mol. The predicted molar refractivity (Wildman–Crippen MR) is 124 cm³/mol. The fraction of sp³-hybridized carbons (Fsp3) is 0.360. The average Bonchev–Trinajstić information content (AvgIpc) is 3.49. The van der Waals surface area contributed by atoms with Crippen molar-refractivity contribution < 1.29 is 28.9 Å². The molecule has 2 atom stereocenters. The fourth-order valence-corrected chi connectivity index (χ4v) is 4.43. The first-order valence-electron chi connectivity index (χ1n) is 11.3. The Labute approximate surface area is 195 Å². The fourth-order valence-electron chi connectivity index (χ4n) is 4.43. The molecule has 0 aliphatic carbocycles. The molecule has 5 rings (SSSR count). The molecule has 2 aromatic heterocycles. The number of halogens is 1. The van der Waals surface area contributed by atoms with Gasteiger partial charge in [-0.15, -0.1) is 0 Å². The zero-order chi connectivity index (χ0) is 23.7. The van der Waals surface area contributed by atoms with Crippen LogP contribution in [0.1, 0.15) is 18.4 Å². The maximum absolute atomic E-state index is 14.9. The lowest BCUT2D eigenvalue weighted by atomic mass is 9.97. The van der Waals surface area contributed by atoms with Gasteiger partial charge in [0.05, 0.1) is 30.4 Å². The van der Waals surface area contributed by atoms with Crippen LogP contribution in [0.15, 0.2) is 42.5 Å². The number of carbonyl (C=O) groups excluding carboxylic acids is 1. The van der Waals surface area contributed by atoms with Crippen LogP contribution < -0.4 is 4.74 Å². The van der Waals surface area contributed by atoms with Crippen molar-refractivity contribution in [1.29, 1.82) is 0 Å². The maximum Gasteiger partial charge on any atom is 0.248 e. The number of nitrogens with zero attached hydrogens (tertiary/aromatic N) is 2. The van der Waals surface area contributed by atoms with Crippen LogP contribution in [-0.4, -0.2) is 76.1 Å². The first-order valence-corrected chi connectivity index (χ1v) is 11.3. The number of ether oxygens (including phenoxy) is 2. The number of hydrogen-bond donors (Lipinski definition) is 3. The van der Waals surface area contributed by atoms with Crippen LogP contribution >= 0.6 is 0 Å². The van der Waals surface area contributed by atoms with E-state index >= 15 is 0 Å². The third-order valence-corrected chi connectivity index (χ3v) is 6.30. The minimum Gasteiger partial charge on any atom is -0.473 e. The van der Waals surface area contributed by atoms with Crippen LogP contribution in [0.4, 0.5) is 4.39 Å². The second-order valence-electron chi connectivity index (χ2n) is 8.55. The number of aliphatic hydroxyl groups is 2. The van der Waals surface area contributed by atoms with E-state index in [-0.39, 0.29) is 30.4 Å². The summed E-state index contributed by atoms with van der Waals surface area (Å²) in [6, 6.07) is 10.7. The Balaban J connectivity index is 1.32. The summed E-state index contributed by atoms with van der Waals surface area (Å²) in [5.41, 5.74) is 4.18. The standard InChI is InChI=1S/C25H26FN3O5/c26-20-10-21-22(11-23(27-21)34-19-9-18(12-30)33-14-19)28-25(20)17-3-1-15(2-4-17)16-5-7-29(8-6-16)24(32)13-31/h1-5,10-11,18-19,27,30-31H,6-9,12-14H2/t18-,19-/m0/s1. The summed E-state index contributed by atoms with van der Waals surface area (Å²) in [7, 11) is 0. The van der Waals surface area contributed by atoms with Gasteiger partial charge in [-0.25, -0.2) is 9.37 Å². The normalized spacial score (nSPS) is 20.6. The number of hydrogen-bond acceptors (Lipinski definition) is 6. The second-order valence-corrected chi connectivity index (χ2v) is 8.55. The van der Waals surface area contributed by atoms with E-state index in [0.29, 0.717) is 55.0 Å². The lowest BCUT2D eigenvalue weighted by molar-refractivity contribution is -0.133. The van der Waals surface area contributed by atoms with E-state index in [9.17, 15) is 14.3 Å². The number of H-pyrrole nitrogens is 1. The number of fused-ring (bicyclic) bond motifs is 1. The lowest BCUT2D eigenvalue weighted by Crippen LogP contribution is -2.36. The number of pyridine rings is 1. The zero-order valence-electron chi connectivity index (χ0n) is 18.5. The third-order valence-electron chi connectivity index (χ3n) is 6.30. The van der Waals surface area contributed by atoms with Gasteiger partial charge in [-0.3, -0.25) is 4.79 Å². The second kappa shape index (κ2) is 9.54. The van der Waals surface area contributed by atoms with Crippen LogP contribution in [0.25, 0.3) is 27.9 Å². The molecule has 8 nitrogen and oxygen atoms in total. The molecule has 34 heavy (non-hydrogen) atoms. The summed E-state index contributed by atoms with van der Waals surface area (Å²) in [5.74, 6) is -0.223. The number of aromatic amines is 1. The van der Waals surface area contributed by atoms with Crippen LogP contribution in [0.5, 0.6) is 5.88 Å². The number of nitrogens with one attached hydrogen (secondary N) is 1. The van der Waals surface area contributed by atoms with Crippen LogP contribution in [-0.2, 0) is 9.53 Å². The monoisotopic (exact) mass is 467 g/mol. The largest absolute Gasteiger partial charge is 0.473 e. The summed E-state index contributed by atoms with van der Waals surface area (Å²) in [6.45, 7) is 0.904. The van der Waals surface area contributed by atoms with Crippen molar-refractivity contribution in [3.05, 3.63) is 53.9 Å². The van der Waals surface area contributed by atoms with E-state index < -0.39 is 12.4 Å². The van der Waals surface area contributed by atoms with Gasteiger partial charge >= 0.3 is 0 Å². The van der Waals surface area contributed by atoms with Gasteiger partial charge in [-0.1, -0.05) is 30.3 Å². The maximum atomic E-state index is 14.9. The summed E-state index contributed by atoms with van der Waals surface area (Å²) in [6.07, 6.45) is 2.88. The number of amides is 1. The molecule has 1 amide bonds. The molecule has 178 valence electrons. The lowest BCUT2D eigenvalue weighted by Gasteiger charge is -2.26. The molecule has 1 saturated heterocycles. The van der Waals surface area contributed by atoms with E-state index in [1.165, 1.54) is 6.07 Å². The number of aromatic nitrogens is 2.